The Labute approximate surface area is 523 Å². The molecule has 404 valence electrons. The topological polar surface area (TPSA) is 71.4 Å². The van der Waals surface area contributed by atoms with Crippen molar-refractivity contribution in [2.24, 2.45) is 0 Å². The molecular formula is C64H46Au3BCuF4N3P3+3. The summed E-state index contributed by atoms with van der Waals surface area (Å²) in [6.07, 6.45) is 20.2. The maximum absolute atomic E-state index is 9.75. The van der Waals surface area contributed by atoms with Crippen molar-refractivity contribution in [1.29, 1.82) is 15.8 Å². The van der Waals surface area contributed by atoms with Crippen LogP contribution in [-0.2, 0) is 84.2 Å². The Morgan fingerprint density at radius 2 is 0.430 bits per heavy atom. The van der Waals surface area contributed by atoms with Gasteiger partial charge in [-0.1, -0.05) is 146 Å². The van der Waals surface area contributed by atoms with E-state index in [1.807, 2.05) is 18.2 Å². The molecule has 0 radical (unpaired) electrons. The maximum Gasteiger partial charge on any atom is 1.00 e. The zero-order valence-electron chi connectivity index (χ0n) is 41.5. The fourth-order valence-corrected chi connectivity index (χ4v) is 23.3. The van der Waals surface area contributed by atoms with Gasteiger partial charge < -0.3 is 36.5 Å². The zero-order valence-corrected chi connectivity index (χ0v) is 51.9. The quantitative estimate of drug-likeness (QED) is 0.0475. The second-order valence-electron chi connectivity index (χ2n) is 15.8. The Morgan fingerprint density at radius 1 is 0.291 bits per heavy atom. The minimum atomic E-state index is -6.00. The van der Waals surface area contributed by atoms with Crippen LogP contribution < -0.4 is 31.8 Å². The predicted octanol–water partition coefficient (Wildman–Crippen LogP) is 12.6. The molecule has 0 spiro atoms. The summed E-state index contributed by atoms with van der Waals surface area (Å²) in [5, 5.41) is 34.6. The molecular weight excluding hydrogens is 1640 g/mol. The molecule has 0 N–H and O–H groups in total. The smallest absolute Gasteiger partial charge is 0.418 e. The van der Waals surface area contributed by atoms with Crippen molar-refractivity contribution in [3.63, 3.8) is 0 Å². The molecule has 0 amide bonds. The number of hydrogen-bond acceptors (Lipinski definition) is 3. The van der Waals surface area contributed by atoms with E-state index < -0.39 is 31.0 Å². The molecule has 0 atom stereocenters. The molecule has 0 bridgehead atoms. The van der Waals surface area contributed by atoms with E-state index in [2.05, 4.69) is 200 Å². The SMILES string of the molecule is F[B-](F)(F)F.[Au+].[Au+].[Au+].[C-]#Cc1ccc(C#N)cc1.[C-]#Cc1ccc(C#N)cc1.[C-]#Cc1ccc(C#N)cc1.[Cu+].c1ccc([PH+](c2ccccc2)C([PH+](c2ccccc2)c2ccccc2)[PH+](c2ccccc2)c2ccccc2)cc1. The zero-order chi connectivity index (χ0) is 53.7. The molecule has 9 rings (SSSR count). The molecule has 9 aromatic rings. The van der Waals surface area contributed by atoms with Gasteiger partial charge in [0.25, 0.3) is 5.14 Å². The van der Waals surface area contributed by atoms with Gasteiger partial charge in [0.05, 0.1) is 18.2 Å². The summed E-state index contributed by atoms with van der Waals surface area (Å²) in [5.41, 5.74) is 3.91. The molecule has 0 aliphatic heterocycles. The standard InChI is InChI=1S/C37H31P3.3C9H4N.3Au.BF4.Cu/c1-7-19-31(20-8-1)38(32-21-9-2-10-22-32)37(39(33-23-11-3-12-24-33)34-25-13-4-14-26-34)40(35-27-15-5-16-28-35)36-29-17-6-18-30-36;3*1-2-8-3-5-9(7-10)6-4-8;;;;2-1(3,4)5;/h1-30,37H;3*3-6H;;;;;/q;3*-1;3*+1;-1;+1/p+3. The van der Waals surface area contributed by atoms with Crippen LogP contribution in [0.5, 0.6) is 0 Å². The van der Waals surface area contributed by atoms with Gasteiger partial charge in [0, 0.05) is 16.7 Å². The van der Waals surface area contributed by atoms with E-state index in [4.69, 9.17) is 35.1 Å². The first-order valence-corrected chi connectivity index (χ1v) is 27.8. The number of nitrogens with zero attached hydrogens (tertiary/aromatic N) is 3. The summed E-state index contributed by atoms with van der Waals surface area (Å²) in [7, 11) is -9.70. The molecule has 0 heterocycles. The molecule has 15 heteroatoms. The Balaban J connectivity index is 0.000000649. The van der Waals surface area contributed by atoms with Crippen molar-refractivity contribution in [2.75, 3.05) is 0 Å². The number of rotatable bonds is 9. The third-order valence-corrected chi connectivity index (χ3v) is 23.5. The Morgan fingerprint density at radius 3 is 0.557 bits per heavy atom. The van der Waals surface area contributed by atoms with Crippen LogP contribution in [0.4, 0.5) is 17.3 Å². The van der Waals surface area contributed by atoms with Gasteiger partial charge in [-0.3, -0.25) is 17.8 Å². The average molecular weight is 1690 g/mol. The summed E-state index contributed by atoms with van der Waals surface area (Å²) < 4.78 is 39.0. The van der Waals surface area contributed by atoms with Crippen LogP contribution in [0.25, 0.3) is 0 Å². The van der Waals surface area contributed by atoms with Crippen LogP contribution in [0.2, 0.25) is 0 Å². The number of halogens is 4. The molecule has 0 fully saturated rings. The second-order valence-corrected chi connectivity index (χ2v) is 25.2. The first kappa shape index (κ1) is 71.0. The molecule has 79 heavy (non-hydrogen) atoms. The Hall–Kier alpha value is -6.05. The van der Waals surface area contributed by atoms with Crippen LogP contribution in [0, 0.1) is 71.0 Å². The monoisotopic (exact) mass is 1690 g/mol. The minimum Gasteiger partial charge on any atom is -0.418 e. The number of benzene rings is 9. The largest absolute Gasteiger partial charge is 1.00 e. The van der Waals surface area contributed by atoms with E-state index >= 15 is 0 Å². The first-order chi connectivity index (χ1) is 36.5. The summed E-state index contributed by atoms with van der Waals surface area (Å²) in [4.78, 5) is 0. The van der Waals surface area contributed by atoms with Gasteiger partial charge in [0.15, 0.2) is 0 Å². The second kappa shape index (κ2) is 39.3. The summed E-state index contributed by atoms with van der Waals surface area (Å²) >= 11 is 0. The van der Waals surface area contributed by atoms with Gasteiger partial charge in [-0.25, -0.2) is 0 Å². The van der Waals surface area contributed by atoms with Gasteiger partial charge in [-0.15, -0.1) is 53.1 Å². The third-order valence-electron chi connectivity index (χ3n) is 10.8. The van der Waals surface area contributed by atoms with E-state index in [0.29, 0.717) is 38.5 Å². The number of nitriles is 3. The first-order valence-electron chi connectivity index (χ1n) is 23.1. The summed E-state index contributed by atoms with van der Waals surface area (Å²) in [6.45, 7) is 0. The molecule has 0 saturated heterocycles. The fourth-order valence-electron chi connectivity index (χ4n) is 7.52. The predicted molar refractivity (Wildman–Crippen MR) is 308 cm³/mol. The van der Waals surface area contributed by atoms with Gasteiger partial charge in [0.2, 0.25) is 0 Å². The van der Waals surface area contributed by atoms with Crippen molar-refractivity contribution >= 4 is 62.8 Å². The van der Waals surface area contributed by atoms with E-state index in [0.717, 1.165) is 0 Å². The van der Waals surface area contributed by atoms with E-state index in [1.54, 1.807) is 72.8 Å². The molecule has 3 nitrogen and oxygen atoms in total. The molecule has 0 saturated carbocycles. The van der Waals surface area contributed by atoms with Crippen LogP contribution in [-0.4, -0.2) is 12.4 Å². The minimum absolute atomic E-state index is 0. The molecule has 0 aliphatic carbocycles. The van der Waals surface area contributed by atoms with Crippen LogP contribution in [0.1, 0.15) is 33.4 Å². The Kier molecular flexibility index (Phi) is 35.3. The summed E-state index contributed by atoms with van der Waals surface area (Å²) in [6, 6.07) is 94.4. The van der Waals surface area contributed by atoms with Crippen molar-refractivity contribution in [1.82, 2.24) is 0 Å². The van der Waals surface area contributed by atoms with Crippen LogP contribution >= 0.6 is 23.8 Å². The third kappa shape index (κ3) is 24.5. The van der Waals surface area contributed by atoms with Crippen molar-refractivity contribution in [3.05, 3.63) is 307 Å². The fraction of sp³-hybridized carbons (Fsp3) is 0.0156. The van der Waals surface area contributed by atoms with Gasteiger partial charge in [0.1, 0.15) is 55.6 Å². The van der Waals surface area contributed by atoms with Gasteiger partial charge in [-0.05, 0) is 72.8 Å². The molecule has 0 unspecified atom stereocenters. The van der Waals surface area contributed by atoms with Gasteiger partial charge in [-0.2, -0.15) is 15.8 Å². The van der Waals surface area contributed by atoms with Crippen molar-refractivity contribution in [2.45, 2.75) is 5.14 Å². The molecule has 0 aliphatic rings. The van der Waals surface area contributed by atoms with Crippen molar-refractivity contribution < 1.29 is 101 Å². The maximum atomic E-state index is 9.75. The molecule has 0 aromatic heterocycles. The van der Waals surface area contributed by atoms with E-state index in [9.17, 15) is 17.3 Å². The number of hydrogen-bond donors (Lipinski definition) is 0. The van der Waals surface area contributed by atoms with Crippen LogP contribution in [0.15, 0.2) is 255 Å². The normalized spacial score (nSPS) is 9.49. The summed E-state index contributed by atoms with van der Waals surface area (Å²) in [5.74, 6) is 6.66. The van der Waals surface area contributed by atoms with Crippen molar-refractivity contribution in [3.8, 4) is 36.0 Å². The molecule has 9 aromatic carbocycles. The average Bonchev–Trinajstić information content (AvgIpc) is 3.50. The van der Waals surface area contributed by atoms with Crippen LogP contribution in [0.3, 0.4) is 0 Å². The van der Waals surface area contributed by atoms with E-state index in [-0.39, 0.29) is 84.2 Å². The van der Waals surface area contributed by atoms with E-state index in [1.165, 1.54) is 31.8 Å². The van der Waals surface area contributed by atoms with Gasteiger partial charge >= 0.3 is 91.5 Å². The Bertz CT molecular complexity index is 2810.